The van der Waals surface area contributed by atoms with E-state index in [4.69, 9.17) is 4.74 Å². The molecule has 4 rings (SSSR count). The molecule has 0 saturated heterocycles. The summed E-state index contributed by atoms with van der Waals surface area (Å²) >= 11 is 0. The van der Waals surface area contributed by atoms with Crippen LogP contribution in [0.15, 0.2) is 54.7 Å². The van der Waals surface area contributed by atoms with E-state index in [1.807, 2.05) is 36.4 Å². The van der Waals surface area contributed by atoms with E-state index in [1.54, 1.807) is 25.4 Å². The number of carbonyl (C=O) groups is 1. The van der Waals surface area contributed by atoms with Crippen LogP contribution in [-0.2, 0) is 6.42 Å². The number of benzene rings is 2. The molecule has 0 aliphatic heterocycles. The molecule has 0 radical (unpaired) electrons. The predicted octanol–water partition coefficient (Wildman–Crippen LogP) is 3.02. The summed E-state index contributed by atoms with van der Waals surface area (Å²) < 4.78 is 5.32. The number of methoxy groups -OCH3 is 1. The van der Waals surface area contributed by atoms with Gasteiger partial charge >= 0.3 is 6.03 Å². The van der Waals surface area contributed by atoms with Crippen molar-refractivity contribution in [3.05, 3.63) is 65.9 Å². The second-order valence-corrected chi connectivity index (χ2v) is 6.26. The highest BCUT2D eigenvalue weighted by molar-refractivity contribution is 6.02. The molecule has 2 amide bonds. The van der Waals surface area contributed by atoms with E-state index in [0.29, 0.717) is 23.4 Å². The second kappa shape index (κ2) is 6.65. The Hall–Kier alpha value is -3.12. The molecule has 2 aromatic carbocycles. The molecule has 3 aromatic rings. The maximum atomic E-state index is 12.5. The minimum atomic E-state index is -0.632. The van der Waals surface area contributed by atoms with E-state index in [9.17, 15) is 9.90 Å². The SMILES string of the molecule is COc1ccc(NC(=O)NC2c3ccccc3CC2O)c2cccnc12. The van der Waals surface area contributed by atoms with Gasteiger partial charge in [-0.1, -0.05) is 24.3 Å². The summed E-state index contributed by atoms with van der Waals surface area (Å²) in [5.41, 5.74) is 3.33. The Kier molecular flexibility index (Phi) is 4.18. The highest BCUT2D eigenvalue weighted by atomic mass is 16.5. The van der Waals surface area contributed by atoms with Crippen molar-refractivity contribution in [2.24, 2.45) is 0 Å². The van der Waals surface area contributed by atoms with Crippen LogP contribution in [-0.4, -0.2) is 29.3 Å². The zero-order valence-corrected chi connectivity index (χ0v) is 14.3. The number of fused-ring (bicyclic) bond motifs is 2. The highest BCUT2D eigenvalue weighted by Crippen LogP contribution is 2.32. The van der Waals surface area contributed by atoms with Gasteiger partial charge in [-0.05, 0) is 35.4 Å². The molecule has 132 valence electrons. The maximum Gasteiger partial charge on any atom is 0.319 e. The zero-order valence-electron chi connectivity index (χ0n) is 14.3. The van der Waals surface area contributed by atoms with Crippen molar-refractivity contribution in [1.29, 1.82) is 0 Å². The van der Waals surface area contributed by atoms with E-state index < -0.39 is 12.1 Å². The number of rotatable bonds is 3. The van der Waals surface area contributed by atoms with Crippen molar-refractivity contribution in [1.82, 2.24) is 10.3 Å². The van der Waals surface area contributed by atoms with Crippen molar-refractivity contribution in [2.75, 3.05) is 12.4 Å². The summed E-state index contributed by atoms with van der Waals surface area (Å²) in [6.45, 7) is 0. The number of aliphatic hydroxyl groups is 1. The van der Waals surface area contributed by atoms with Crippen LogP contribution in [0.5, 0.6) is 5.75 Å². The Morgan fingerprint density at radius 3 is 2.88 bits per heavy atom. The smallest absolute Gasteiger partial charge is 0.319 e. The van der Waals surface area contributed by atoms with Crippen molar-refractivity contribution < 1.29 is 14.6 Å². The van der Waals surface area contributed by atoms with E-state index in [-0.39, 0.29) is 6.03 Å². The predicted molar refractivity (Wildman–Crippen MR) is 99.3 cm³/mol. The largest absolute Gasteiger partial charge is 0.494 e. The van der Waals surface area contributed by atoms with Crippen LogP contribution in [0.2, 0.25) is 0 Å². The number of aromatic nitrogens is 1. The molecular formula is C20H19N3O3. The number of hydrogen-bond donors (Lipinski definition) is 3. The lowest BCUT2D eigenvalue weighted by Gasteiger charge is -2.19. The third-order valence-corrected chi connectivity index (χ3v) is 4.69. The molecule has 6 heteroatoms. The lowest BCUT2D eigenvalue weighted by molar-refractivity contribution is 0.144. The molecule has 0 fully saturated rings. The summed E-state index contributed by atoms with van der Waals surface area (Å²) in [5.74, 6) is 0.645. The number of aliphatic hydroxyl groups excluding tert-OH is 1. The highest BCUT2D eigenvalue weighted by Gasteiger charge is 2.31. The average Bonchev–Trinajstić information content (AvgIpc) is 2.97. The van der Waals surface area contributed by atoms with Gasteiger partial charge in [-0.3, -0.25) is 4.98 Å². The number of hydrogen-bond acceptors (Lipinski definition) is 4. The molecule has 1 aromatic heterocycles. The topological polar surface area (TPSA) is 83.5 Å². The number of carbonyl (C=O) groups excluding carboxylic acids is 1. The van der Waals surface area contributed by atoms with Gasteiger partial charge in [0.1, 0.15) is 11.3 Å². The van der Waals surface area contributed by atoms with Crippen LogP contribution in [0, 0.1) is 0 Å². The van der Waals surface area contributed by atoms with Gasteiger partial charge in [-0.2, -0.15) is 0 Å². The van der Waals surface area contributed by atoms with Crippen LogP contribution >= 0.6 is 0 Å². The average molecular weight is 349 g/mol. The first-order valence-corrected chi connectivity index (χ1v) is 8.42. The number of nitrogens with one attached hydrogen (secondary N) is 2. The van der Waals surface area contributed by atoms with Crippen molar-refractivity contribution >= 4 is 22.6 Å². The molecule has 0 bridgehead atoms. The number of nitrogens with zero attached hydrogens (tertiary/aromatic N) is 1. The Morgan fingerprint density at radius 1 is 1.19 bits per heavy atom. The lowest BCUT2D eigenvalue weighted by Crippen LogP contribution is -2.36. The Balaban J connectivity index is 1.57. The molecule has 3 N–H and O–H groups in total. The van der Waals surface area contributed by atoms with Crippen LogP contribution in [0.1, 0.15) is 17.2 Å². The van der Waals surface area contributed by atoms with E-state index in [2.05, 4.69) is 15.6 Å². The van der Waals surface area contributed by atoms with Crippen LogP contribution in [0.4, 0.5) is 10.5 Å². The Morgan fingerprint density at radius 2 is 2.04 bits per heavy atom. The first kappa shape index (κ1) is 16.4. The summed E-state index contributed by atoms with van der Waals surface area (Å²) in [4.78, 5) is 16.9. The molecule has 26 heavy (non-hydrogen) atoms. The molecule has 2 unspecified atom stereocenters. The van der Waals surface area contributed by atoms with Gasteiger partial charge in [0.25, 0.3) is 0 Å². The van der Waals surface area contributed by atoms with Gasteiger partial charge in [-0.15, -0.1) is 0 Å². The van der Waals surface area contributed by atoms with Gasteiger partial charge < -0.3 is 20.5 Å². The fourth-order valence-electron chi connectivity index (χ4n) is 3.47. The van der Waals surface area contributed by atoms with Gasteiger partial charge in [0, 0.05) is 18.0 Å². The van der Waals surface area contributed by atoms with Crippen LogP contribution in [0.25, 0.3) is 10.9 Å². The number of ether oxygens (including phenoxy) is 1. The number of pyridine rings is 1. The fourth-order valence-corrected chi connectivity index (χ4v) is 3.47. The van der Waals surface area contributed by atoms with Crippen molar-refractivity contribution in [2.45, 2.75) is 18.6 Å². The van der Waals surface area contributed by atoms with Gasteiger partial charge in [0.2, 0.25) is 0 Å². The number of urea groups is 1. The van der Waals surface area contributed by atoms with Gasteiger partial charge in [0.15, 0.2) is 0 Å². The fraction of sp³-hybridized carbons (Fsp3) is 0.200. The number of amides is 2. The molecule has 0 spiro atoms. The molecule has 2 atom stereocenters. The molecule has 1 aliphatic rings. The third-order valence-electron chi connectivity index (χ3n) is 4.69. The van der Waals surface area contributed by atoms with Crippen molar-refractivity contribution in [3.8, 4) is 5.75 Å². The molecule has 1 heterocycles. The normalized spacial score (nSPS) is 18.4. The molecular weight excluding hydrogens is 330 g/mol. The zero-order chi connectivity index (χ0) is 18.1. The summed E-state index contributed by atoms with van der Waals surface area (Å²) in [7, 11) is 1.59. The van der Waals surface area contributed by atoms with Crippen molar-refractivity contribution in [3.63, 3.8) is 0 Å². The Labute approximate surface area is 150 Å². The van der Waals surface area contributed by atoms with Gasteiger partial charge in [0.05, 0.1) is 24.9 Å². The standard InChI is InChI=1S/C20H19N3O3/c1-26-17-9-8-15(14-7-4-10-21-19(14)17)22-20(25)23-18-13-6-3-2-5-12(13)11-16(18)24/h2-10,16,18,24H,11H2,1H3,(H2,22,23,25). The van der Waals surface area contributed by atoms with E-state index >= 15 is 0 Å². The van der Waals surface area contributed by atoms with Crippen LogP contribution in [0.3, 0.4) is 0 Å². The summed E-state index contributed by atoms with van der Waals surface area (Å²) in [5, 5.41) is 16.8. The monoisotopic (exact) mass is 349 g/mol. The molecule has 1 aliphatic carbocycles. The van der Waals surface area contributed by atoms with E-state index in [1.165, 1.54) is 0 Å². The number of anilines is 1. The summed E-state index contributed by atoms with van der Waals surface area (Å²) in [6, 6.07) is 14.2. The Bertz CT molecular complexity index is 973. The first-order chi connectivity index (χ1) is 12.7. The maximum absolute atomic E-state index is 12.5. The second-order valence-electron chi connectivity index (χ2n) is 6.26. The molecule has 6 nitrogen and oxygen atoms in total. The van der Waals surface area contributed by atoms with Crippen LogP contribution < -0.4 is 15.4 Å². The quantitative estimate of drug-likeness (QED) is 0.679. The van der Waals surface area contributed by atoms with Gasteiger partial charge in [-0.25, -0.2) is 4.79 Å². The minimum absolute atomic E-state index is 0.374. The van der Waals surface area contributed by atoms with E-state index in [0.717, 1.165) is 16.5 Å². The minimum Gasteiger partial charge on any atom is -0.494 e. The third kappa shape index (κ3) is 2.84. The summed E-state index contributed by atoms with van der Waals surface area (Å²) in [6.07, 6.45) is 1.59. The first-order valence-electron chi connectivity index (χ1n) is 8.42. The molecule has 0 saturated carbocycles. The lowest BCUT2D eigenvalue weighted by atomic mass is 10.1.